The SMILES string of the molecule is CCCCCCCCOc1cc2c(cc1N=N)sc(Nc1ccccc1)[n+]2CC(CC)CCCC. The van der Waals surface area contributed by atoms with Gasteiger partial charge in [0.05, 0.1) is 17.9 Å². The number of unbranched alkanes of at least 4 members (excludes halogenated alkanes) is 6. The highest BCUT2D eigenvalue weighted by Gasteiger charge is 2.24. The minimum Gasteiger partial charge on any atom is -0.491 e. The third-order valence-electron chi connectivity index (χ3n) is 6.67. The van der Waals surface area contributed by atoms with Crippen molar-refractivity contribution in [1.29, 1.82) is 5.53 Å². The van der Waals surface area contributed by atoms with Crippen molar-refractivity contribution in [1.82, 2.24) is 0 Å². The number of anilines is 2. The van der Waals surface area contributed by atoms with Crippen molar-refractivity contribution in [3.05, 3.63) is 42.5 Å². The van der Waals surface area contributed by atoms with Gasteiger partial charge in [-0.1, -0.05) is 83.9 Å². The van der Waals surface area contributed by atoms with Gasteiger partial charge < -0.3 is 4.74 Å². The van der Waals surface area contributed by atoms with Gasteiger partial charge in [0.1, 0.15) is 16.9 Å². The largest absolute Gasteiger partial charge is 0.491 e. The van der Waals surface area contributed by atoms with E-state index in [0.29, 0.717) is 18.2 Å². The van der Waals surface area contributed by atoms with Crippen molar-refractivity contribution in [3.8, 4) is 5.75 Å². The maximum Gasteiger partial charge on any atom is 0.339 e. The fourth-order valence-electron chi connectivity index (χ4n) is 4.46. The molecule has 1 atom stereocenters. The van der Waals surface area contributed by atoms with Crippen LogP contribution in [-0.2, 0) is 6.54 Å². The van der Waals surface area contributed by atoms with Crippen LogP contribution in [0.2, 0.25) is 0 Å². The average Bonchev–Trinajstić information content (AvgIpc) is 3.21. The lowest BCUT2D eigenvalue weighted by Crippen LogP contribution is -2.38. The standard InChI is InChI=1S/C29H42N4OS/c1-4-7-9-10-11-15-19-34-27-21-26-28(20-25(27)32-30)35-29(31-24-17-13-12-14-18-24)33(26)22-23(6-3)16-8-5-2/h12-14,17-18,20-21,23,30H,4-11,15-16,19,22H2,1-3H3/p+1. The molecule has 2 aromatic carbocycles. The molecule has 2 N–H and O–H groups in total. The molecule has 1 aromatic heterocycles. The van der Waals surface area contributed by atoms with Gasteiger partial charge in [0.25, 0.3) is 0 Å². The van der Waals surface area contributed by atoms with E-state index < -0.39 is 0 Å². The molecule has 0 spiro atoms. The molecule has 5 nitrogen and oxygen atoms in total. The molecule has 0 amide bonds. The number of ether oxygens (including phenoxy) is 1. The Kier molecular flexibility index (Phi) is 11.5. The van der Waals surface area contributed by atoms with Crippen molar-refractivity contribution < 1.29 is 9.30 Å². The van der Waals surface area contributed by atoms with Crippen LogP contribution >= 0.6 is 11.3 Å². The van der Waals surface area contributed by atoms with Gasteiger partial charge >= 0.3 is 5.13 Å². The molecule has 0 radical (unpaired) electrons. The molecule has 35 heavy (non-hydrogen) atoms. The minimum atomic E-state index is 0.612. The zero-order chi connectivity index (χ0) is 24.9. The van der Waals surface area contributed by atoms with E-state index in [2.05, 4.69) is 66.1 Å². The molecular formula is C29H43N4OS+. The number of aromatic nitrogens is 1. The van der Waals surface area contributed by atoms with E-state index in [1.54, 1.807) is 11.3 Å². The Morgan fingerprint density at radius 3 is 2.43 bits per heavy atom. The van der Waals surface area contributed by atoms with Crippen LogP contribution in [0.3, 0.4) is 0 Å². The Balaban J connectivity index is 1.87. The molecule has 0 saturated heterocycles. The summed E-state index contributed by atoms with van der Waals surface area (Å²) in [6.07, 6.45) is 12.3. The number of fused-ring (bicyclic) bond motifs is 1. The van der Waals surface area contributed by atoms with Gasteiger partial charge in [0.15, 0.2) is 5.75 Å². The van der Waals surface area contributed by atoms with Crippen LogP contribution < -0.4 is 14.6 Å². The Bertz CT molecular complexity index is 1030. The Morgan fingerprint density at radius 1 is 0.971 bits per heavy atom. The number of hydrogen-bond acceptors (Lipinski definition) is 5. The molecule has 3 rings (SSSR count). The highest BCUT2D eigenvalue weighted by Crippen LogP contribution is 2.37. The normalized spacial score (nSPS) is 12.1. The van der Waals surface area contributed by atoms with Gasteiger partial charge in [0.2, 0.25) is 0 Å². The molecule has 1 unspecified atom stereocenters. The third kappa shape index (κ3) is 8.03. The fraction of sp³-hybridized carbons (Fsp3) is 0.552. The third-order valence-corrected chi connectivity index (χ3v) is 7.73. The summed E-state index contributed by atoms with van der Waals surface area (Å²) in [4.78, 5) is 0. The molecule has 0 bridgehead atoms. The second kappa shape index (κ2) is 14.8. The number of rotatable bonds is 17. The first-order valence-electron chi connectivity index (χ1n) is 13.5. The second-order valence-electron chi connectivity index (χ2n) is 9.44. The van der Waals surface area contributed by atoms with Gasteiger partial charge in [-0.05, 0) is 54.7 Å². The Morgan fingerprint density at radius 2 is 1.71 bits per heavy atom. The number of benzene rings is 2. The quantitative estimate of drug-likeness (QED) is 0.111. The average molecular weight is 496 g/mol. The topological polar surface area (TPSA) is 61.4 Å². The summed E-state index contributed by atoms with van der Waals surface area (Å²) in [6, 6.07) is 14.5. The fourth-order valence-corrected chi connectivity index (χ4v) is 5.57. The molecule has 0 fully saturated rings. The Hall–Kier alpha value is -2.47. The molecule has 0 aliphatic rings. The van der Waals surface area contributed by atoms with Crippen LogP contribution in [0.25, 0.3) is 10.2 Å². The van der Waals surface area contributed by atoms with Crippen LogP contribution in [-0.4, -0.2) is 6.61 Å². The van der Waals surface area contributed by atoms with Crippen LogP contribution in [0.5, 0.6) is 5.75 Å². The zero-order valence-electron chi connectivity index (χ0n) is 21.8. The second-order valence-corrected chi connectivity index (χ2v) is 10.5. The van der Waals surface area contributed by atoms with E-state index in [1.165, 1.54) is 51.4 Å². The first-order chi connectivity index (χ1) is 17.2. The highest BCUT2D eigenvalue weighted by molar-refractivity contribution is 7.21. The summed E-state index contributed by atoms with van der Waals surface area (Å²) < 4.78 is 9.73. The summed E-state index contributed by atoms with van der Waals surface area (Å²) in [7, 11) is 0. The van der Waals surface area contributed by atoms with Crippen LogP contribution in [0, 0.1) is 11.4 Å². The molecule has 3 aromatic rings. The van der Waals surface area contributed by atoms with E-state index >= 15 is 0 Å². The molecule has 0 aliphatic heterocycles. The number of nitrogens with zero attached hydrogens (tertiary/aromatic N) is 2. The summed E-state index contributed by atoms with van der Waals surface area (Å²) in [5.74, 6) is 1.35. The maximum absolute atomic E-state index is 7.74. The number of thiazole rings is 1. The first-order valence-corrected chi connectivity index (χ1v) is 14.3. The maximum atomic E-state index is 7.74. The minimum absolute atomic E-state index is 0.612. The van der Waals surface area contributed by atoms with Gasteiger partial charge in [-0.15, -0.1) is 0 Å². The van der Waals surface area contributed by atoms with Crippen LogP contribution in [0.4, 0.5) is 16.5 Å². The molecule has 190 valence electrons. The Labute approximate surface area is 215 Å². The predicted molar refractivity (Wildman–Crippen MR) is 149 cm³/mol. The van der Waals surface area contributed by atoms with E-state index in [9.17, 15) is 0 Å². The summed E-state index contributed by atoms with van der Waals surface area (Å²) in [5, 5.41) is 8.56. The number of nitrogens with one attached hydrogen (secondary N) is 2. The zero-order valence-corrected chi connectivity index (χ0v) is 22.6. The van der Waals surface area contributed by atoms with Crippen molar-refractivity contribution in [2.24, 2.45) is 11.0 Å². The lowest BCUT2D eigenvalue weighted by atomic mass is 9.99. The monoisotopic (exact) mass is 495 g/mol. The van der Waals surface area contributed by atoms with E-state index in [4.69, 9.17) is 10.3 Å². The van der Waals surface area contributed by atoms with Gasteiger partial charge in [0, 0.05) is 6.07 Å². The van der Waals surface area contributed by atoms with Crippen molar-refractivity contribution >= 4 is 38.1 Å². The molecule has 6 heteroatoms. The van der Waals surface area contributed by atoms with E-state index in [1.807, 2.05) is 12.1 Å². The molecule has 0 aliphatic carbocycles. The number of hydrogen-bond donors (Lipinski definition) is 2. The lowest BCUT2D eigenvalue weighted by molar-refractivity contribution is -0.660. The molecular weight excluding hydrogens is 452 g/mol. The summed E-state index contributed by atoms with van der Waals surface area (Å²) >= 11 is 1.73. The summed E-state index contributed by atoms with van der Waals surface area (Å²) in [6.45, 7) is 8.45. The molecule has 1 heterocycles. The smallest absolute Gasteiger partial charge is 0.339 e. The van der Waals surface area contributed by atoms with Crippen LogP contribution in [0.1, 0.15) is 85.0 Å². The van der Waals surface area contributed by atoms with Crippen molar-refractivity contribution in [3.63, 3.8) is 0 Å². The highest BCUT2D eigenvalue weighted by atomic mass is 32.1. The van der Waals surface area contributed by atoms with Crippen molar-refractivity contribution in [2.45, 2.75) is 91.5 Å². The van der Waals surface area contributed by atoms with Crippen LogP contribution in [0.15, 0.2) is 47.6 Å². The van der Waals surface area contributed by atoms with Gasteiger partial charge in [-0.3, -0.25) is 0 Å². The lowest BCUT2D eigenvalue weighted by Gasteiger charge is -2.14. The summed E-state index contributed by atoms with van der Waals surface area (Å²) in [5.41, 5.74) is 10.6. The first kappa shape index (κ1) is 27.1. The van der Waals surface area contributed by atoms with E-state index in [0.717, 1.165) is 46.2 Å². The molecule has 0 saturated carbocycles. The predicted octanol–water partition coefficient (Wildman–Crippen LogP) is 9.55. The van der Waals surface area contributed by atoms with Crippen molar-refractivity contribution in [2.75, 3.05) is 11.9 Å². The van der Waals surface area contributed by atoms with Gasteiger partial charge in [-0.2, -0.15) is 5.11 Å². The van der Waals surface area contributed by atoms with Gasteiger partial charge in [-0.25, -0.2) is 15.4 Å². The van der Waals surface area contributed by atoms with E-state index in [-0.39, 0.29) is 0 Å². The number of para-hydroxylation sites is 1.